The molecule has 0 aliphatic rings. The molecule has 0 aliphatic heterocycles. The number of nitrogens with zero attached hydrogens (tertiary/aromatic N) is 1. The first-order valence-electron chi connectivity index (χ1n) is 23.4. The summed E-state index contributed by atoms with van der Waals surface area (Å²) in [5.41, 5.74) is 0.817. The third kappa shape index (κ3) is 13.7. The van der Waals surface area contributed by atoms with Gasteiger partial charge in [0.25, 0.3) is 0 Å². The largest absolute Gasteiger partial charge is 0.507 e. The van der Waals surface area contributed by atoms with Gasteiger partial charge in [0.1, 0.15) is 17.2 Å². The highest BCUT2D eigenvalue weighted by Crippen LogP contribution is 2.43. The predicted octanol–water partition coefficient (Wildman–Crippen LogP) is 12.1. The van der Waals surface area contributed by atoms with E-state index in [0.29, 0.717) is 50.1 Å². The van der Waals surface area contributed by atoms with Gasteiger partial charge in [-0.1, -0.05) is 161 Å². The molecule has 0 fully saturated rings. The van der Waals surface area contributed by atoms with E-state index >= 15 is 0 Å². The second-order valence-corrected chi connectivity index (χ2v) is 24.9. The molecule has 0 bridgehead atoms. The second-order valence-electron chi connectivity index (χ2n) is 24.9. The number of rotatable bonds is 14. The van der Waals surface area contributed by atoms with E-state index in [1.165, 1.54) is 0 Å². The van der Waals surface area contributed by atoms with Crippen molar-refractivity contribution >= 4 is 17.9 Å². The summed E-state index contributed by atoms with van der Waals surface area (Å²) in [7, 11) is 0. The number of nitro groups is 1. The van der Waals surface area contributed by atoms with Crippen LogP contribution in [-0.2, 0) is 80.3 Å². The van der Waals surface area contributed by atoms with E-state index in [9.17, 15) is 39.8 Å². The van der Waals surface area contributed by atoms with E-state index in [1.807, 2.05) is 161 Å². The number of ether oxygens (including phenoxy) is 3. The van der Waals surface area contributed by atoms with Gasteiger partial charge in [-0.25, -0.2) is 0 Å². The summed E-state index contributed by atoms with van der Waals surface area (Å²) in [5, 5.41) is 46.9. The molecule has 0 saturated carbocycles. The Morgan fingerprint density at radius 2 is 0.597 bits per heavy atom. The van der Waals surface area contributed by atoms with Gasteiger partial charge in [-0.05, 0) is 102 Å². The number of carbonyl (C=O) groups is 3. The lowest BCUT2D eigenvalue weighted by Gasteiger charge is -2.36. The van der Waals surface area contributed by atoms with Crippen molar-refractivity contribution in [1.82, 2.24) is 0 Å². The van der Waals surface area contributed by atoms with Crippen LogP contribution in [0.1, 0.15) is 208 Å². The number of aromatic hydroxyl groups is 3. The van der Waals surface area contributed by atoms with Crippen molar-refractivity contribution in [3.8, 4) is 17.2 Å². The molecule has 3 rings (SSSR count). The molecule has 0 spiro atoms. The molecule has 12 nitrogen and oxygen atoms in total. The topological polar surface area (TPSA) is 183 Å². The minimum Gasteiger partial charge on any atom is -0.507 e. The van der Waals surface area contributed by atoms with Crippen LogP contribution < -0.4 is 0 Å². The van der Waals surface area contributed by atoms with Gasteiger partial charge in [-0.3, -0.25) is 24.5 Å². The molecule has 3 aromatic carbocycles. The molecule has 12 heteroatoms. The van der Waals surface area contributed by atoms with Gasteiger partial charge in [0.05, 0.1) is 0 Å². The second kappa shape index (κ2) is 19.5. The third-order valence-electron chi connectivity index (χ3n) is 12.2. The van der Waals surface area contributed by atoms with Crippen LogP contribution in [0.4, 0.5) is 0 Å². The Morgan fingerprint density at radius 1 is 0.418 bits per heavy atom. The number of carbonyl (C=O) groups excluding carboxylic acids is 3. The van der Waals surface area contributed by atoms with Crippen LogP contribution in [0.2, 0.25) is 0 Å². The quantitative estimate of drug-likeness (QED) is 0.0605. The number of hydrogen-bond donors (Lipinski definition) is 3. The lowest BCUT2D eigenvalue weighted by atomic mass is 9.78. The fourth-order valence-electron chi connectivity index (χ4n) is 7.84. The van der Waals surface area contributed by atoms with Crippen molar-refractivity contribution in [1.29, 1.82) is 0 Å². The number of aryl methyl sites for hydroxylation is 3. The molecule has 67 heavy (non-hydrogen) atoms. The van der Waals surface area contributed by atoms with Gasteiger partial charge in [0.2, 0.25) is 0 Å². The minimum atomic E-state index is -3.16. The van der Waals surface area contributed by atoms with Gasteiger partial charge in [0.15, 0.2) is 0 Å². The molecular formula is C55H81NO11. The molecule has 0 aliphatic carbocycles. The average molecular weight is 932 g/mol. The number of phenols is 3. The Hall–Kier alpha value is -5.13. The maximum Gasteiger partial charge on any atom is 0.498 e. The normalized spacial score (nSPS) is 13.3. The predicted molar refractivity (Wildman–Crippen MR) is 264 cm³/mol. The number of benzene rings is 3. The molecule has 0 atom stereocenters. The van der Waals surface area contributed by atoms with E-state index in [0.717, 1.165) is 13.8 Å². The minimum absolute atomic E-state index is 0.0717. The number of hydrogen-bond acceptors (Lipinski definition) is 11. The Morgan fingerprint density at radius 3 is 0.746 bits per heavy atom. The van der Waals surface area contributed by atoms with E-state index in [4.69, 9.17) is 14.2 Å². The van der Waals surface area contributed by atoms with E-state index < -0.39 is 66.8 Å². The van der Waals surface area contributed by atoms with Crippen molar-refractivity contribution in [2.75, 3.05) is 0 Å². The van der Waals surface area contributed by atoms with Crippen molar-refractivity contribution in [3.05, 3.63) is 96.6 Å². The maximum absolute atomic E-state index is 14.1. The smallest absolute Gasteiger partial charge is 0.498 e. The summed E-state index contributed by atoms with van der Waals surface area (Å²) in [6.07, 6.45) is -0.868. The Balaban J connectivity index is 2.14. The van der Waals surface area contributed by atoms with Crippen molar-refractivity contribution in [3.63, 3.8) is 0 Å². The molecule has 0 heterocycles. The van der Waals surface area contributed by atoms with E-state index in [1.54, 1.807) is 0 Å². The molecule has 3 aromatic rings. The van der Waals surface area contributed by atoms with Crippen molar-refractivity contribution < 1.29 is 48.8 Å². The highest BCUT2D eigenvalue weighted by Gasteiger charge is 2.66. The van der Waals surface area contributed by atoms with Gasteiger partial charge in [0, 0.05) is 38.0 Å². The molecule has 0 amide bonds. The van der Waals surface area contributed by atoms with Crippen LogP contribution in [0.15, 0.2) is 36.4 Å². The molecule has 0 unspecified atom stereocenters. The lowest BCUT2D eigenvalue weighted by molar-refractivity contribution is -0.623. The lowest BCUT2D eigenvalue weighted by Crippen LogP contribution is -2.62. The van der Waals surface area contributed by atoms with Crippen LogP contribution in [0.5, 0.6) is 17.2 Å². The summed E-state index contributed by atoms with van der Waals surface area (Å²) in [5.74, 6) is -5.80. The van der Waals surface area contributed by atoms with E-state index in [-0.39, 0.29) is 55.8 Å². The van der Waals surface area contributed by atoms with Gasteiger partial charge in [-0.2, -0.15) is 0 Å². The van der Waals surface area contributed by atoms with Gasteiger partial charge in [-0.15, -0.1) is 0 Å². The summed E-state index contributed by atoms with van der Waals surface area (Å²) in [6, 6.07) is 10.9. The van der Waals surface area contributed by atoms with Crippen LogP contribution in [-0.4, -0.2) is 49.7 Å². The summed E-state index contributed by atoms with van der Waals surface area (Å²) in [6.45, 7) is 37.5. The first kappa shape index (κ1) is 56.2. The summed E-state index contributed by atoms with van der Waals surface area (Å²) >= 11 is 0. The zero-order valence-corrected chi connectivity index (χ0v) is 44.3. The zero-order chi connectivity index (χ0) is 51.8. The Labute approximate surface area is 400 Å². The molecule has 0 radical (unpaired) electrons. The number of esters is 3. The molecule has 0 aromatic heterocycles. The first-order valence-corrected chi connectivity index (χ1v) is 23.4. The fourth-order valence-corrected chi connectivity index (χ4v) is 7.84. The average Bonchev–Trinajstić information content (AvgIpc) is 3.13. The van der Waals surface area contributed by atoms with Crippen molar-refractivity contribution in [2.24, 2.45) is 0 Å². The Bertz CT molecular complexity index is 1990. The van der Waals surface area contributed by atoms with Gasteiger partial charge < -0.3 is 29.5 Å². The van der Waals surface area contributed by atoms with Crippen LogP contribution in [0, 0.1) is 10.1 Å². The Kier molecular flexibility index (Phi) is 16.3. The van der Waals surface area contributed by atoms with Gasteiger partial charge >= 0.3 is 29.4 Å². The molecule has 0 saturated heterocycles. The fraction of sp³-hybridized carbons (Fsp3) is 0.618. The monoisotopic (exact) mass is 932 g/mol. The van der Waals surface area contributed by atoms with Crippen LogP contribution in [0.3, 0.4) is 0 Å². The highest BCUT2D eigenvalue weighted by atomic mass is 16.9. The summed E-state index contributed by atoms with van der Waals surface area (Å²) < 4.78 is 17.6. The van der Waals surface area contributed by atoms with Crippen LogP contribution in [0.25, 0.3) is 0 Å². The maximum atomic E-state index is 14.1. The standard InChI is InChI=1S/C55H81NO11/c1-48(2,3)36-27-33(28-37(45(36)60)49(4,5)6)21-24-42(57)65-55(54(19,20)56(63)64,66-43(58)25-22-34-29-38(50(7,8)9)46(61)39(30-34)51(10,11)12)67-44(59)26-23-35-31-40(52(13,14)15)47(62)41(32-35)53(16,17)18/h27-32,60-62H,21-26H2,1-20H3. The zero-order valence-electron chi connectivity index (χ0n) is 44.3. The third-order valence-corrected chi connectivity index (χ3v) is 12.2. The van der Waals surface area contributed by atoms with Crippen molar-refractivity contribution in [2.45, 2.75) is 221 Å². The highest BCUT2D eigenvalue weighted by molar-refractivity contribution is 5.75. The van der Waals surface area contributed by atoms with Crippen LogP contribution >= 0.6 is 0 Å². The molecule has 372 valence electrons. The SMILES string of the molecule is CC(C)(C)c1cc(CCC(=O)OC(OC(=O)CCc2cc(C(C)(C)C)c(O)c(C(C)(C)C)c2)(OC(=O)CCc2cc(C(C)(C)C)c(O)c(C(C)(C)C)c2)C(C)(C)[N+](=O)[O-])cc(C(C)(C)C)c1O. The molecular weight excluding hydrogens is 851 g/mol. The van der Waals surface area contributed by atoms with E-state index in [2.05, 4.69) is 0 Å². The molecule has 3 N–H and O–H groups in total. The number of phenolic OH excluding ortho intramolecular Hbond substituents is 3. The summed E-state index contributed by atoms with van der Waals surface area (Å²) in [4.78, 5) is 54.5. The first-order chi connectivity index (χ1) is 30.0.